The Balaban J connectivity index is 0.000000211. The van der Waals surface area contributed by atoms with E-state index in [2.05, 4.69) is 5.73 Å². The molecule has 12 heavy (non-hydrogen) atoms. The van der Waals surface area contributed by atoms with Crippen molar-refractivity contribution >= 4 is 5.91 Å². The highest BCUT2D eigenvalue weighted by Crippen LogP contribution is 2.14. The van der Waals surface area contributed by atoms with Crippen LogP contribution in [0.3, 0.4) is 0 Å². The van der Waals surface area contributed by atoms with Crippen molar-refractivity contribution < 1.29 is 9.90 Å². The Labute approximate surface area is 72.9 Å². The van der Waals surface area contributed by atoms with E-state index in [4.69, 9.17) is 10.8 Å². The lowest BCUT2D eigenvalue weighted by atomic mass is 9.95. The normalized spacial score (nSPS) is 18.6. The van der Waals surface area contributed by atoms with E-state index in [9.17, 15) is 4.79 Å². The quantitative estimate of drug-likeness (QED) is 0.539. The molecule has 0 aliphatic heterocycles. The molecule has 4 nitrogen and oxygen atoms in total. The van der Waals surface area contributed by atoms with E-state index >= 15 is 0 Å². The van der Waals surface area contributed by atoms with Gasteiger partial charge in [0.25, 0.3) is 0 Å². The minimum absolute atomic E-state index is 0.398. The summed E-state index contributed by atoms with van der Waals surface area (Å²) < 4.78 is 0. The first-order valence-corrected chi connectivity index (χ1v) is 4.30. The third-order valence-electron chi connectivity index (χ3n) is 1.86. The molecule has 1 unspecified atom stereocenters. The molecule has 1 fully saturated rings. The summed E-state index contributed by atoms with van der Waals surface area (Å²) in [6.07, 6.45) is 3.33. The minimum Gasteiger partial charge on any atom is -0.383 e. The maximum Gasteiger partial charge on any atom is 0.246 e. The number of rotatable bonds is 2. The van der Waals surface area contributed by atoms with Gasteiger partial charge in [0.1, 0.15) is 6.10 Å². The molecule has 1 amide bonds. The summed E-state index contributed by atoms with van der Waals surface area (Å²) >= 11 is 0. The van der Waals surface area contributed by atoms with Crippen LogP contribution in [0.2, 0.25) is 0 Å². The van der Waals surface area contributed by atoms with E-state index in [1.807, 2.05) is 0 Å². The third-order valence-corrected chi connectivity index (χ3v) is 1.86. The van der Waals surface area contributed by atoms with Crippen LogP contribution in [-0.4, -0.2) is 23.2 Å². The molecular formula is C8H18N2O2. The summed E-state index contributed by atoms with van der Waals surface area (Å²) in [6, 6.07) is 0.565. The predicted octanol–water partition coefficient (Wildman–Crippen LogP) is -0.260. The first kappa shape index (κ1) is 11.4. The molecule has 0 aromatic carbocycles. The molecule has 4 heteroatoms. The molecule has 5 N–H and O–H groups in total. The van der Waals surface area contributed by atoms with E-state index in [0.717, 1.165) is 0 Å². The zero-order valence-electron chi connectivity index (χ0n) is 7.49. The smallest absolute Gasteiger partial charge is 0.246 e. The minimum atomic E-state index is -0.958. The lowest BCUT2D eigenvalue weighted by Gasteiger charge is -2.18. The molecule has 0 radical (unpaired) electrons. The summed E-state index contributed by atoms with van der Waals surface area (Å²) in [5, 5.41) is 8.46. The molecule has 0 aromatic rings. The number of hydrogen-bond donors (Lipinski definition) is 3. The van der Waals surface area contributed by atoms with Crippen molar-refractivity contribution in [3.05, 3.63) is 0 Å². The molecule has 1 rings (SSSR count). The van der Waals surface area contributed by atoms with Crippen LogP contribution in [-0.2, 0) is 4.79 Å². The number of aliphatic hydroxyl groups excluding tert-OH is 1. The fourth-order valence-corrected chi connectivity index (χ4v) is 0.641. The van der Waals surface area contributed by atoms with E-state index in [0.29, 0.717) is 12.5 Å². The first-order chi connectivity index (χ1) is 5.57. The van der Waals surface area contributed by atoms with Gasteiger partial charge in [-0.15, -0.1) is 0 Å². The van der Waals surface area contributed by atoms with Crippen LogP contribution in [0.25, 0.3) is 0 Å². The molecule has 1 aliphatic rings. The van der Waals surface area contributed by atoms with Crippen LogP contribution in [0.4, 0.5) is 0 Å². The fourth-order valence-electron chi connectivity index (χ4n) is 0.641. The van der Waals surface area contributed by atoms with Crippen LogP contribution in [0.5, 0.6) is 0 Å². The van der Waals surface area contributed by atoms with E-state index in [1.54, 1.807) is 6.92 Å². The van der Waals surface area contributed by atoms with Crippen LogP contribution < -0.4 is 11.5 Å². The average Bonchev–Trinajstić information content (AvgIpc) is 2.00. The number of carbonyl (C=O) groups excluding carboxylic acids is 1. The highest BCUT2D eigenvalue weighted by atomic mass is 16.3. The van der Waals surface area contributed by atoms with Crippen molar-refractivity contribution in [1.82, 2.24) is 0 Å². The van der Waals surface area contributed by atoms with Gasteiger partial charge in [0.05, 0.1) is 0 Å². The largest absolute Gasteiger partial charge is 0.383 e. The summed E-state index contributed by atoms with van der Waals surface area (Å²) in [5.41, 5.74) is 10.0. The summed E-state index contributed by atoms with van der Waals surface area (Å²) in [5.74, 6) is -0.650. The Morgan fingerprint density at radius 2 is 2.08 bits per heavy atom. The monoisotopic (exact) mass is 174 g/mol. The number of aliphatic hydroxyl groups is 1. The summed E-state index contributed by atoms with van der Waals surface area (Å²) in [4.78, 5) is 9.90. The standard InChI is InChI=1S/C4H9NO2.C4H9N/c1-2-3(6)4(5)7;5-4-2-1-3-4/h3,6H,2H2,1H3,(H2,5,7);4H,1-3,5H2. The molecule has 0 spiro atoms. The number of hydrogen-bond acceptors (Lipinski definition) is 3. The van der Waals surface area contributed by atoms with Gasteiger partial charge < -0.3 is 16.6 Å². The van der Waals surface area contributed by atoms with Gasteiger partial charge in [-0.05, 0) is 19.3 Å². The molecule has 0 aromatic heterocycles. The number of primary amides is 1. The maximum absolute atomic E-state index is 9.90. The zero-order chi connectivity index (χ0) is 9.56. The van der Waals surface area contributed by atoms with Crippen molar-refractivity contribution in [3.63, 3.8) is 0 Å². The second-order valence-corrected chi connectivity index (χ2v) is 3.02. The molecular weight excluding hydrogens is 156 g/mol. The van der Waals surface area contributed by atoms with Crippen molar-refractivity contribution in [2.45, 2.75) is 44.8 Å². The molecule has 1 atom stereocenters. The van der Waals surface area contributed by atoms with E-state index in [1.165, 1.54) is 19.3 Å². The summed E-state index contributed by atoms with van der Waals surface area (Å²) in [6.45, 7) is 1.69. The van der Waals surface area contributed by atoms with Gasteiger partial charge in [0, 0.05) is 6.04 Å². The Bertz CT molecular complexity index is 135. The predicted molar refractivity (Wildman–Crippen MR) is 47.3 cm³/mol. The number of nitrogens with two attached hydrogens (primary N) is 2. The Morgan fingerprint density at radius 1 is 1.67 bits per heavy atom. The average molecular weight is 174 g/mol. The first-order valence-electron chi connectivity index (χ1n) is 4.30. The van der Waals surface area contributed by atoms with Crippen LogP contribution in [0, 0.1) is 0 Å². The zero-order valence-corrected chi connectivity index (χ0v) is 7.49. The Morgan fingerprint density at radius 3 is 2.08 bits per heavy atom. The van der Waals surface area contributed by atoms with Crippen molar-refractivity contribution in [1.29, 1.82) is 0 Å². The second kappa shape index (κ2) is 5.97. The van der Waals surface area contributed by atoms with Gasteiger partial charge in [-0.25, -0.2) is 0 Å². The Hall–Kier alpha value is -0.610. The number of amides is 1. The molecule has 1 saturated carbocycles. The van der Waals surface area contributed by atoms with Crippen molar-refractivity contribution in [2.75, 3.05) is 0 Å². The SMILES string of the molecule is CCC(O)C(N)=O.NC1CCC1. The lowest BCUT2D eigenvalue weighted by molar-refractivity contribution is -0.126. The molecule has 0 heterocycles. The highest BCUT2D eigenvalue weighted by molar-refractivity contribution is 5.78. The fraction of sp³-hybridized carbons (Fsp3) is 0.875. The second-order valence-electron chi connectivity index (χ2n) is 3.02. The van der Waals surface area contributed by atoms with Gasteiger partial charge in [-0.2, -0.15) is 0 Å². The molecule has 72 valence electrons. The summed E-state index contributed by atoms with van der Waals surface area (Å²) in [7, 11) is 0. The highest BCUT2D eigenvalue weighted by Gasteiger charge is 2.09. The maximum atomic E-state index is 9.90. The third kappa shape index (κ3) is 5.09. The van der Waals surface area contributed by atoms with Crippen LogP contribution in [0.1, 0.15) is 32.6 Å². The molecule has 0 bridgehead atoms. The van der Waals surface area contributed by atoms with E-state index in [-0.39, 0.29) is 0 Å². The van der Waals surface area contributed by atoms with E-state index < -0.39 is 12.0 Å². The molecule has 0 saturated heterocycles. The Kier molecular flexibility index (Phi) is 5.66. The molecule has 1 aliphatic carbocycles. The number of carbonyl (C=O) groups is 1. The van der Waals surface area contributed by atoms with Gasteiger partial charge in [-0.1, -0.05) is 13.3 Å². The van der Waals surface area contributed by atoms with Gasteiger partial charge in [-0.3, -0.25) is 4.79 Å². The lowest BCUT2D eigenvalue weighted by Crippen LogP contribution is -2.27. The van der Waals surface area contributed by atoms with Crippen LogP contribution >= 0.6 is 0 Å². The van der Waals surface area contributed by atoms with Crippen molar-refractivity contribution in [3.8, 4) is 0 Å². The topological polar surface area (TPSA) is 89.3 Å². The van der Waals surface area contributed by atoms with Gasteiger partial charge >= 0.3 is 0 Å². The van der Waals surface area contributed by atoms with Crippen LogP contribution in [0.15, 0.2) is 0 Å². The van der Waals surface area contributed by atoms with Crippen molar-refractivity contribution in [2.24, 2.45) is 11.5 Å². The van der Waals surface area contributed by atoms with Gasteiger partial charge in [0.15, 0.2) is 0 Å². The van der Waals surface area contributed by atoms with Gasteiger partial charge in [0.2, 0.25) is 5.91 Å².